The topological polar surface area (TPSA) is 12.9 Å². The highest BCUT2D eigenvalue weighted by Gasteiger charge is 2.39. The summed E-state index contributed by atoms with van der Waals surface area (Å²) < 4.78 is 37.9. The second-order valence-electron chi connectivity index (χ2n) is 2.91. The summed E-state index contributed by atoms with van der Waals surface area (Å²) in [4.78, 5) is 3.79. The van der Waals surface area contributed by atoms with E-state index in [0.29, 0.717) is 4.60 Å². The molecule has 1 unspecified atom stereocenters. The first-order chi connectivity index (χ1) is 6.45. The maximum atomic E-state index is 12.5. The standard InChI is InChI=1S/C9H9BrF3N/c1-2-7(9(11,12)13)6-3-4-14-8(10)5-6/h3-5,7H,2H2,1H3. The Morgan fingerprint density at radius 2 is 2.14 bits per heavy atom. The molecule has 14 heavy (non-hydrogen) atoms. The summed E-state index contributed by atoms with van der Waals surface area (Å²) in [5, 5.41) is 0. The highest BCUT2D eigenvalue weighted by molar-refractivity contribution is 9.10. The van der Waals surface area contributed by atoms with Crippen molar-refractivity contribution in [3.63, 3.8) is 0 Å². The van der Waals surface area contributed by atoms with E-state index in [4.69, 9.17) is 0 Å². The fraction of sp³-hybridized carbons (Fsp3) is 0.444. The molecule has 0 aliphatic rings. The molecular weight excluding hydrogens is 259 g/mol. The minimum atomic E-state index is -4.18. The van der Waals surface area contributed by atoms with Gasteiger partial charge in [0.25, 0.3) is 0 Å². The van der Waals surface area contributed by atoms with Crippen LogP contribution in [0.1, 0.15) is 24.8 Å². The Hall–Kier alpha value is -0.580. The van der Waals surface area contributed by atoms with Crippen LogP contribution in [-0.4, -0.2) is 11.2 Å². The summed E-state index contributed by atoms with van der Waals surface area (Å²) in [6.45, 7) is 1.52. The molecule has 5 heteroatoms. The third kappa shape index (κ3) is 2.70. The Kier molecular flexibility index (Phi) is 3.53. The van der Waals surface area contributed by atoms with E-state index in [1.54, 1.807) is 0 Å². The highest BCUT2D eigenvalue weighted by Crippen LogP contribution is 2.37. The summed E-state index contributed by atoms with van der Waals surface area (Å²) >= 11 is 3.05. The van der Waals surface area contributed by atoms with Gasteiger partial charge in [0.2, 0.25) is 0 Å². The normalized spacial score (nSPS) is 14.1. The molecule has 1 aromatic rings. The van der Waals surface area contributed by atoms with Crippen molar-refractivity contribution in [2.45, 2.75) is 25.4 Å². The van der Waals surface area contributed by atoms with Gasteiger partial charge in [0.05, 0.1) is 5.92 Å². The van der Waals surface area contributed by atoms with E-state index in [1.807, 2.05) is 0 Å². The van der Waals surface area contributed by atoms with Crippen LogP contribution < -0.4 is 0 Å². The van der Waals surface area contributed by atoms with Crippen LogP contribution in [0.5, 0.6) is 0 Å². The molecule has 78 valence electrons. The van der Waals surface area contributed by atoms with Gasteiger partial charge in [-0.25, -0.2) is 4.98 Å². The van der Waals surface area contributed by atoms with Gasteiger partial charge in [-0.05, 0) is 40.0 Å². The van der Waals surface area contributed by atoms with Crippen LogP contribution in [0, 0.1) is 0 Å². The number of pyridine rings is 1. The molecule has 1 atom stereocenters. The number of nitrogens with zero attached hydrogens (tertiary/aromatic N) is 1. The zero-order valence-electron chi connectivity index (χ0n) is 7.48. The Labute approximate surface area is 88.5 Å². The lowest BCUT2D eigenvalue weighted by Crippen LogP contribution is -2.20. The van der Waals surface area contributed by atoms with Crippen LogP contribution in [0.15, 0.2) is 22.9 Å². The Morgan fingerprint density at radius 3 is 2.57 bits per heavy atom. The zero-order chi connectivity index (χ0) is 10.8. The van der Waals surface area contributed by atoms with Crippen molar-refractivity contribution in [3.05, 3.63) is 28.5 Å². The van der Waals surface area contributed by atoms with Gasteiger partial charge in [0, 0.05) is 6.20 Å². The molecule has 0 radical (unpaired) electrons. The lowest BCUT2D eigenvalue weighted by molar-refractivity contribution is -0.151. The quantitative estimate of drug-likeness (QED) is 0.741. The van der Waals surface area contributed by atoms with Crippen molar-refractivity contribution in [1.29, 1.82) is 0 Å². The van der Waals surface area contributed by atoms with Crippen LogP contribution in [-0.2, 0) is 0 Å². The van der Waals surface area contributed by atoms with E-state index >= 15 is 0 Å². The van der Waals surface area contributed by atoms with Gasteiger partial charge >= 0.3 is 6.18 Å². The predicted molar refractivity (Wildman–Crippen MR) is 51.0 cm³/mol. The van der Waals surface area contributed by atoms with E-state index < -0.39 is 12.1 Å². The van der Waals surface area contributed by atoms with Gasteiger partial charge < -0.3 is 0 Å². The fourth-order valence-corrected chi connectivity index (χ4v) is 1.67. The summed E-state index contributed by atoms with van der Waals surface area (Å²) in [5.41, 5.74) is 0.252. The third-order valence-electron chi connectivity index (χ3n) is 1.96. The number of alkyl halides is 3. The minimum Gasteiger partial charge on any atom is -0.249 e. The van der Waals surface area contributed by atoms with E-state index in [1.165, 1.54) is 25.3 Å². The molecule has 0 aliphatic heterocycles. The smallest absolute Gasteiger partial charge is 0.249 e. The molecule has 0 fully saturated rings. The Bertz CT molecular complexity index is 311. The first kappa shape index (κ1) is 11.5. The van der Waals surface area contributed by atoms with E-state index in [-0.39, 0.29) is 12.0 Å². The lowest BCUT2D eigenvalue weighted by Gasteiger charge is -2.18. The van der Waals surface area contributed by atoms with Gasteiger partial charge in [-0.1, -0.05) is 6.92 Å². The van der Waals surface area contributed by atoms with Crippen LogP contribution in [0.25, 0.3) is 0 Å². The molecule has 0 amide bonds. The van der Waals surface area contributed by atoms with Crippen LogP contribution >= 0.6 is 15.9 Å². The van der Waals surface area contributed by atoms with Gasteiger partial charge in [-0.2, -0.15) is 13.2 Å². The molecule has 0 spiro atoms. The molecule has 1 nitrogen and oxygen atoms in total. The van der Waals surface area contributed by atoms with Crippen LogP contribution in [0.3, 0.4) is 0 Å². The average Bonchev–Trinajstić information content (AvgIpc) is 2.02. The van der Waals surface area contributed by atoms with Crippen molar-refractivity contribution in [3.8, 4) is 0 Å². The highest BCUT2D eigenvalue weighted by atomic mass is 79.9. The van der Waals surface area contributed by atoms with Crippen LogP contribution in [0.4, 0.5) is 13.2 Å². The van der Waals surface area contributed by atoms with E-state index in [2.05, 4.69) is 20.9 Å². The third-order valence-corrected chi connectivity index (χ3v) is 2.39. The maximum absolute atomic E-state index is 12.5. The summed E-state index contributed by atoms with van der Waals surface area (Å²) in [5.74, 6) is -1.40. The number of hydrogen-bond acceptors (Lipinski definition) is 1. The molecule has 0 bridgehead atoms. The SMILES string of the molecule is CCC(c1ccnc(Br)c1)C(F)(F)F. The maximum Gasteiger partial charge on any atom is 0.395 e. The summed E-state index contributed by atoms with van der Waals surface area (Å²) in [6.07, 6.45) is -2.77. The molecule has 0 aromatic carbocycles. The largest absolute Gasteiger partial charge is 0.395 e. The second-order valence-corrected chi connectivity index (χ2v) is 3.73. The van der Waals surface area contributed by atoms with Gasteiger partial charge in [0.15, 0.2) is 0 Å². The minimum absolute atomic E-state index is 0.0416. The molecule has 0 N–H and O–H groups in total. The molecule has 0 aliphatic carbocycles. The number of rotatable bonds is 2. The molecule has 0 saturated carbocycles. The second kappa shape index (κ2) is 4.29. The number of halogens is 4. The van der Waals surface area contributed by atoms with E-state index in [0.717, 1.165) is 0 Å². The number of hydrogen-bond donors (Lipinski definition) is 0. The molecule has 0 saturated heterocycles. The van der Waals surface area contributed by atoms with Crippen molar-refractivity contribution in [2.75, 3.05) is 0 Å². The van der Waals surface area contributed by atoms with E-state index in [9.17, 15) is 13.2 Å². The van der Waals surface area contributed by atoms with Crippen molar-refractivity contribution >= 4 is 15.9 Å². The number of aromatic nitrogens is 1. The lowest BCUT2D eigenvalue weighted by atomic mass is 9.97. The average molecular weight is 268 g/mol. The first-order valence-electron chi connectivity index (χ1n) is 4.13. The van der Waals surface area contributed by atoms with Gasteiger partial charge in [0.1, 0.15) is 4.60 Å². The molecule has 1 aromatic heterocycles. The Balaban J connectivity index is 3.01. The van der Waals surface area contributed by atoms with Gasteiger partial charge in [-0.15, -0.1) is 0 Å². The molecule has 1 heterocycles. The van der Waals surface area contributed by atoms with Crippen molar-refractivity contribution < 1.29 is 13.2 Å². The molecule has 1 rings (SSSR count). The van der Waals surface area contributed by atoms with Crippen LogP contribution in [0.2, 0.25) is 0 Å². The van der Waals surface area contributed by atoms with Gasteiger partial charge in [-0.3, -0.25) is 0 Å². The Morgan fingerprint density at radius 1 is 1.50 bits per heavy atom. The predicted octanol–water partition coefficient (Wildman–Crippen LogP) is 3.90. The fourth-order valence-electron chi connectivity index (χ4n) is 1.29. The first-order valence-corrected chi connectivity index (χ1v) is 4.92. The molecular formula is C9H9BrF3N. The summed E-state index contributed by atoms with van der Waals surface area (Å²) in [6, 6.07) is 2.80. The van der Waals surface area contributed by atoms with Crippen molar-refractivity contribution in [1.82, 2.24) is 4.98 Å². The monoisotopic (exact) mass is 267 g/mol. The van der Waals surface area contributed by atoms with Crippen molar-refractivity contribution in [2.24, 2.45) is 0 Å². The zero-order valence-corrected chi connectivity index (χ0v) is 9.06. The summed E-state index contributed by atoms with van der Waals surface area (Å²) in [7, 11) is 0.